The van der Waals surface area contributed by atoms with Crippen LogP contribution in [0.25, 0.3) is 0 Å². The molecule has 0 saturated carbocycles. The van der Waals surface area contributed by atoms with Crippen LogP contribution in [-0.4, -0.2) is 47.7 Å². The van der Waals surface area contributed by atoms with Gasteiger partial charge in [-0.15, -0.1) is 0 Å². The Bertz CT molecular complexity index is 1140. The number of benzene rings is 2. The smallest absolute Gasteiger partial charge is 0.262 e. The molecule has 0 spiro atoms. The molecule has 3 aliphatic rings. The molecule has 3 aliphatic heterocycles. The van der Waals surface area contributed by atoms with Crippen molar-refractivity contribution in [2.24, 2.45) is 5.73 Å². The lowest BCUT2D eigenvalue weighted by atomic mass is 9.89. The number of anilines is 1. The van der Waals surface area contributed by atoms with Crippen LogP contribution in [0, 0.1) is 0 Å². The fourth-order valence-corrected chi connectivity index (χ4v) is 4.95. The molecule has 2 unspecified atom stereocenters. The maximum atomic E-state index is 13.1. The van der Waals surface area contributed by atoms with Gasteiger partial charge in [-0.1, -0.05) is 24.3 Å². The van der Waals surface area contributed by atoms with Gasteiger partial charge in [0, 0.05) is 25.2 Å². The number of amides is 4. The SMILES string of the molecule is NCC1CCN(Cc2ccc3c(c2)C(=O)N(C2CCC(=O)NC2=O)C3=O)c2ccccc21. The van der Waals surface area contributed by atoms with Gasteiger partial charge in [0.25, 0.3) is 11.8 Å². The van der Waals surface area contributed by atoms with E-state index in [1.165, 1.54) is 5.56 Å². The minimum absolute atomic E-state index is 0.104. The van der Waals surface area contributed by atoms with Crippen LogP contribution in [-0.2, 0) is 16.1 Å². The van der Waals surface area contributed by atoms with Crippen LogP contribution in [0.4, 0.5) is 5.69 Å². The lowest BCUT2D eigenvalue weighted by Crippen LogP contribution is -2.54. The first-order valence-corrected chi connectivity index (χ1v) is 10.9. The Kier molecular flexibility index (Phi) is 5.01. The molecule has 0 aliphatic carbocycles. The Balaban J connectivity index is 1.40. The van der Waals surface area contributed by atoms with Crippen molar-refractivity contribution < 1.29 is 19.2 Å². The van der Waals surface area contributed by atoms with Gasteiger partial charge >= 0.3 is 0 Å². The van der Waals surface area contributed by atoms with Gasteiger partial charge < -0.3 is 10.6 Å². The second kappa shape index (κ2) is 7.87. The molecule has 2 aromatic rings. The van der Waals surface area contributed by atoms with Gasteiger partial charge in [0.15, 0.2) is 0 Å². The van der Waals surface area contributed by atoms with Gasteiger partial charge in [-0.25, -0.2) is 0 Å². The molecule has 0 bridgehead atoms. The molecule has 5 rings (SSSR count). The number of para-hydroxylation sites is 1. The summed E-state index contributed by atoms with van der Waals surface area (Å²) in [5.74, 6) is -1.62. The summed E-state index contributed by atoms with van der Waals surface area (Å²) in [6.07, 6.45) is 1.21. The molecule has 2 atom stereocenters. The summed E-state index contributed by atoms with van der Waals surface area (Å²) in [5, 5.41) is 2.22. The number of nitrogens with one attached hydrogen (secondary N) is 1. The van der Waals surface area contributed by atoms with E-state index in [1.807, 2.05) is 18.2 Å². The first kappa shape index (κ1) is 20.4. The van der Waals surface area contributed by atoms with Crippen molar-refractivity contribution in [3.05, 3.63) is 64.7 Å². The van der Waals surface area contributed by atoms with Gasteiger partial charge in [0.05, 0.1) is 11.1 Å². The van der Waals surface area contributed by atoms with Gasteiger partial charge in [-0.3, -0.25) is 29.4 Å². The molecule has 0 aromatic heterocycles. The van der Waals surface area contributed by atoms with Gasteiger partial charge in [-0.2, -0.15) is 0 Å². The number of fused-ring (bicyclic) bond motifs is 2. The number of nitrogens with zero attached hydrogens (tertiary/aromatic N) is 2. The Morgan fingerprint density at radius 2 is 1.75 bits per heavy atom. The third kappa shape index (κ3) is 3.27. The summed E-state index contributed by atoms with van der Waals surface area (Å²) in [6.45, 7) is 2.06. The van der Waals surface area contributed by atoms with E-state index in [0.29, 0.717) is 30.1 Å². The van der Waals surface area contributed by atoms with E-state index in [9.17, 15) is 19.2 Å². The third-order valence-corrected chi connectivity index (χ3v) is 6.63. The van der Waals surface area contributed by atoms with Crippen molar-refractivity contribution in [2.75, 3.05) is 18.0 Å². The number of nitrogens with two attached hydrogens (primary N) is 1. The molecular weight excluding hydrogens is 408 g/mol. The molecule has 1 saturated heterocycles. The first-order chi connectivity index (χ1) is 15.5. The fourth-order valence-electron chi connectivity index (χ4n) is 4.95. The topological polar surface area (TPSA) is 113 Å². The molecular formula is C24H24N4O4. The molecule has 164 valence electrons. The number of imide groups is 2. The second-order valence-electron chi connectivity index (χ2n) is 8.53. The molecule has 3 heterocycles. The van der Waals surface area contributed by atoms with Crippen molar-refractivity contribution in [1.29, 1.82) is 0 Å². The largest absolute Gasteiger partial charge is 0.367 e. The predicted molar refractivity (Wildman–Crippen MR) is 117 cm³/mol. The highest BCUT2D eigenvalue weighted by molar-refractivity contribution is 6.23. The van der Waals surface area contributed by atoms with Crippen molar-refractivity contribution >= 4 is 29.3 Å². The number of hydrogen-bond acceptors (Lipinski definition) is 6. The van der Waals surface area contributed by atoms with Crippen molar-refractivity contribution in [3.8, 4) is 0 Å². The lowest BCUT2D eigenvalue weighted by molar-refractivity contribution is -0.136. The molecule has 0 radical (unpaired) electrons. The maximum absolute atomic E-state index is 13.1. The van der Waals surface area contributed by atoms with E-state index in [-0.39, 0.29) is 18.7 Å². The van der Waals surface area contributed by atoms with Crippen LogP contribution < -0.4 is 16.0 Å². The zero-order valence-electron chi connectivity index (χ0n) is 17.5. The Hall–Kier alpha value is -3.52. The quantitative estimate of drug-likeness (QED) is 0.709. The van der Waals surface area contributed by atoms with E-state index in [2.05, 4.69) is 22.3 Å². The molecule has 32 heavy (non-hydrogen) atoms. The summed E-state index contributed by atoms with van der Waals surface area (Å²) >= 11 is 0. The first-order valence-electron chi connectivity index (χ1n) is 10.9. The van der Waals surface area contributed by atoms with Crippen LogP contribution in [0.5, 0.6) is 0 Å². The number of carbonyl (C=O) groups is 4. The summed E-state index contributed by atoms with van der Waals surface area (Å²) in [4.78, 5) is 52.9. The molecule has 8 nitrogen and oxygen atoms in total. The van der Waals surface area contributed by atoms with Crippen molar-refractivity contribution in [2.45, 2.75) is 37.8 Å². The molecule has 4 amide bonds. The van der Waals surface area contributed by atoms with E-state index >= 15 is 0 Å². The molecule has 2 aromatic carbocycles. The minimum atomic E-state index is -0.953. The van der Waals surface area contributed by atoms with Crippen molar-refractivity contribution in [3.63, 3.8) is 0 Å². The number of rotatable bonds is 4. The van der Waals surface area contributed by atoms with Crippen LogP contribution in [0.2, 0.25) is 0 Å². The predicted octanol–water partition coefficient (Wildman–Crippen LogP) is 1.54. The summed E-state index contributed by atoms with van der Waals surface area (Å²) < 4.78 is 0. The monoisotopic (exact) mass is 432 g/mol. The summed E-state index contributed by atoms with van der Waals surface area (Å²) in [6, 6.07) is 12.5. The highest BCUT2D eigenvalue weighted by Crippen LogP contribution is 2.36. The van der Waals surface area contributed by atoms with Crippen LogP contribution >= 0.6 is 0 Å². The van der Waals surface area contributed by atoms with Gasteiger partial charge in [0.1, 0.15) is 6.04 Å². The van der Waals surface area contributed by atoms with Gasteiger partial charge in [-0.05, 0) is 54.6 Å². The van der Waals surface area contributed by atoms with Crippen LogP contribution in [0.1, 0.15) is 57.0 Å². The second-order valence-corrected chi connectivity index (χ2v) is 8.53. The summed E-state index contributed by atoms with van der Waals surface area (Å²) in [7, 11) is 0. The molecule has 8 heteroatoms. The number of piperidine rings is 1. The zero-order valence-corrected chi connectivity index (χ0v) is 17.5. The standard InChI is InChI=1S/C24H24N4O4/c25-12-15-9-10-27(19-4-2-1-3-16(15)19)13-14-5-6-17-18(11-14)24(32)28(23(17)31)20-7-8-21(29)26-22(20)30/h1-6,11,15,20H,7-10,12-13,25H2,(H,26,29,30). The average Bonchev–Trinajstić information content (AvgIpc) is 3.04. The fraction of sp³-hybridized carbons (Fsp3) is 0.333. The van der Waals surface area contributed by atoms with E-state index in [4.69, 9.17) is 5.73 Å². The van der Waals surface area contributed by atoms with E-state index in [0.717, 1.165) is 29.1 Å². The lowest BCUT2D eigenvalue weighted by Gasteiger charge is -2.35. The van der Waals surface area contributed by atoms with Crippen LogP contribution in [0.3, 0.4) is 0 Å². The molecule has 1 fully saturated rings. The normalized spacial score (nSPS) is 22.7. The maximum Gasteiger partial charge on any atom is 0.262 e. The zero-order chi connectivity index (χ0) is 22.4. The average molecular weight is 432 g/mol. The Morgan fingerprint density at radius 1 is 0.969 bits per heavy atom. The van der Waals surface area contributed by atoms with Crippen LogP contribution in [0.15, 0.2) is 42.5 Å². The van der Waals surface area contributed by atoms with E-state index < -0.39 is 23.8 Å². The highest BCUT2D eigenvalue weighted by Gasteiger charge is 2.44. The van der Waals surface area contributed by atoms with Crippen molar-refractivity contribution in [1.82, 2.24) is 10.2 Å². The Morgan fingerprint density at radius 3 is 2.53 bits per heavy atom. The van der Waals surface area contributed by atoms with Gasteiger partial charge in [0.2, 0.25) is 11.8 Å². The summed E-state index contributed by atoms with van der Waals surface area (Å²) in [5.41, 5.74) is 9.85. The third-order valence-electron chi connectivity index (χ3n) is 6.63. The highest BCUT2D eigenvalue weighted by atomic mass is 16.2. The minimum Gasteiger partial charge on any atom is -0.367 e. The number of hydrogen-bond donors (Lipinski definition) is 2. The number of carbonyl (C=O) groups excluding carboxylic acids is 4. The Labute approximate surface area is 185 Å². The molecule has 3 N–H and O–H groups in total. The van der Waals surface area contributed by atoms with E-state index in [1.54, 1.807) is 12.1 Å².